The van der Waals surface area contributed by atoms with Crippen molar-refractivity contribution in [3.8, 4) is 0 Å². The van der Waals surface area contributed by atoms with Gasteiger partial charge in [-0.15, -0.1) is 11.3 Å². The number of halogens is 3. The molecule has 2 heterocycles. The lowest BCUT2D eigenvalue weighted by Gasteiger charge is -2.34. The number of ketones is 1. The number of Topliss-reactive ketones (excluding diaryl/α,β-unsaturated/α-hetero) is 1. The fourth-order valence-corrected chi connectivity index (χ4v) is 3.50. The number of piperazine rings is 1. The zero-order chi connectivity index (χ0) is 18.7. The van der Waals surface area contributed by atoms with Crippen LogP contribution in [-0.2, 0) is 6.18 Å². The van der Waals surface area contributed by atoms with Gasteiger partial charge in [-0.2, -0.15) is 13.2 Å². The summed E-state index contributed by atoms with van der Waals surface area (Å²) in [6.45, 7) is 2.08. The van der Waals surface area contributed by atoms with Gasteiger partial charge in [0.1, 0.15) is 0 Å². The molecule has 1 aromatic carbocycles. The molecule has 3 rings (SSSR count). The average molecular weight is 382 g/mol. The maximum absolute atomic E-state index is 12.8. The molecule has 26 heavy (non-hydrogen) atoms. The highest BCUT2D eigenvalue weighted by Crippen LogP contribution is 2.29. The summed E-state index contributed by atoms with van der Waals surface area (Å²) in [5, 5.41) is 1.85. The van der Waals surface area contributed by atoms with E-state index in [-0.39, 0.29) is 17.9 Å². The summed E-state index contributed by atoms with van der Waals surface area (Å²) >= 11 is 1.39. The Morgan fingerprint density at radius 1 is 1.04 bits per heavy atom. The van der Waals surface area contributed by atoms with E-state index in [1.165, 1.54) is 28.4 Å². The van der Waals surface area contributed by atoms with Gasteiger partial charge in [0.05, 0.1) is 17.0 Å². The molecule has 2 aromatic rings. The fourth-order valence-electron chi connectivity index (χ4n) is 2.84. The van der Waals surface area contributed by atoms with Gasteiger partial charge in [-0.3, -0.25) is 14.5 Å². The lowest BCUT2D eigenvalue weighted by atomic mass is 10.1. The van der Waals surface area contributed by atoms with E-state index in [1.807, 2.05) is 16.3 Å². The van der Waals surface area contributed by atoms with Crippen molar-refractivity contribution in [2.75, 3.05) is 32.7 Å². The molecule has 0 N–H and O–H groups in total. The average Bonchev–Trinajstić information content (AvgIpc) is 3.16. The first-order valence-electron chi connectivity index (χ1n) is 8.10. The molecule has 4 nitrogen and oxygen atoms in total. The molecular weight excluding hydrogens is 365 g/mol. The van der Waals surface area contributed by atoms with E-state index in [4.69, 9.17) is 0 Å². The van der Waals surface area contributed by atoms with Gasteiger partial charge in [-0.1, -0.05) is 12.1 Å². The van der Waals surface area contributed by atoms with Crippen LogP contribution >= 0.6 is 11.3 Å². The van der Waals surface area contributed by atoms with E-state index >= 15 is 0 Å². The first-order valence-corrected chi connectivity index (χ1v) is 8.98. The minimum absolute atomic E-state index is 0.0305. The lowest BCUT2D eigenvalue weighted by molar-refractivity contribution is -0.137. The van der Waals surface area contributed by atoms with E-state index in [1.54, 1.807) is 6.07 Å². The molecule has 1 amide bonds. The molecule has 8 heteroatoms. The van der Waals surface area contributed by atoms with Gasteiger partial charge in [-0.05, 0) is 29.6 Å². The Hall–Kier alpha value is -2.19. The number of alkyl halides is 3. The Kier molecular flexibility index (Phi) is 5.43. The van der Waals surface area contributed by atoms with Gasteiger partial charge >= 0.3 is 6.18 Å². The van der Waals surface area contributed by atoms with Gasteiger partial charge in [0, 0.05) is 31.7 Å². The van der Waals surface area contributed by atoms with Crippen LogP contribution in [0.4, 0.5) is 13.2 Å². The van der Waals surface area contributed by atoms with Crippen molar-refractivity contribution in [1.82, 2.24) is 9.80 Å². The summed E-state index contributed by atoms with van der Waals surface area (Å²) < 4.78 is 38.4. The van der Waals surface area contributed by atoms with Crippen molar-refractivity contribution in [2.24, 2.45) is 0 Å². The lowest BCUT2D eigenvalue weighted by Crippen LogP contribution is -2.49. The number of thiophene rings is 1. The number of carbonyl (C=O) groups excluding carboxylic acids is 2. The number of benzene rings is 1. The second kappa shape index (κ2) is 7.59. The maximum atomic E-state index is 12.8. The molecular formula is C18H17F3N2O2S. The second-order valence-corrected chi connectivity index (χ2v) is 7.00. The highest BCUT2D eigenvalue weighted by atomic mass is 32.1. The Bertz CT molecular complexity index is 782. The van der Waals surface area contributed by atoms with E-state index < -0.39 is 17.6 Å². The molecule has 0 unspecified atom stereocenters. The molecule has 0 spiro atoms. The van der Waals surface area contributed by atoms with Gasteiger partial charge in [0.15, 0.2) is 5.78 Å². The molecule has 0 radical (unpaired) electrons. The van der Waals surface area contributed by atoms with Crippen LogP contribution in [0.2, 0.25) is 0 Å². The van der Waals surface area contributed by atoms with Crippen molar-refractivity contribution in [1.29, 1.82) is 0 Å². The van der Waals surface area contributed by atoms with Crippen LogP contribution in [0.1, 0.15) is 25.6 Å². The highest BCUT2D eigenvalue weighted by molar-refractivity contribution is 7.12. The predicted molar refractivity (Wildman–Crippen MR) is 92.4 cm³/mol. The summed E-state index contributed by atoms with van der Waals surface area (Å²) in [4.78, 5) is 28.8. The number of rotatable bonds is 4. The van der Waals surface area contributed by atoms with Crippen molar-refractivity contribution < 1.29 is 22.8 Å². The third kappa shape index (κ3) is 4.31. The summed E-state index contributed by atoms with van der Waals surface area (Å²) in [6.07, 6.45) is -4.48. The summed E-state index contributed by atoms with van der Waals surface area (Å²) in [6, 6.07) is 8.07. The van der Waals surface area contributed by atoms with Gasteiger partial charge < -0.3 is 4.90 Å². The molecule has 0 atom stereocenters. The molecule has 0 saturated carbocycles. The Morgan fingerprint density at radius 3 is 2.38 bits per heavy atom. The van der Waals surface area contributed by atoms with Crippen LogP contribution in [0, 0.1) is 0 Å². The van der Waals surface area contributed by atoms with Gasteiger partial charge in [0.25, 0.3) is 5.91 Å². The normalized spacial score (nSPS) is 15.9. The highest BCUT2D eigenvalue weighted by Gasteiger charge is 2.31. The molecule has 1 saturated heterocycles. The van der Waals surface area contributed by atoms with Crippen LogP contribution in [0.3, 0.4) is 0 Å². The third-order valence-corrected chi connectivity index (χ3v) is 5.17. The van der Waals surface area contributed by atoms with Crippen molar-refractivity contribution >= 4 is 23.0 Å². The second-order valence-electron chi connectivity index (χ2n) is 6.05. The standard InChI is InChI=1S/C18H17F3N2O2S/c19-18(20,21)14-4-1-3-13(11-14)17(25)23-8-6-22(7-9-23)12-15(24)16-5-2-10-26-16/h1-5,10-11H,6-9,12H2. The quantitative estimate of drug-likeness (QED) is 0.761. The predicted octanol–water partition coefficient (Wildman–Crippen LogP) is 3.41. The summed E-state index contributed by atoms with van der Waals surface area (Å²) in [5.74, 6) is -0.377. The SMILES string of the molecule is O=C(CN1CCN(C(=O)c2cccc(C(F)(F)F)c2)CC1)c1cccs1. The van der Waals surface area contributed by atoms with Crippen molar-refractivity contribution in [3.05, 3.63) is 57.8 Å². The molecule has 0 bridgehead atoms. The van der Waals surface area contributed by atoms with Crippen LogP contribution < -0.4 is 0 Å². The zero-order valence-corrected chi connectivity index (χ0v) is 14.6. The minimum Gasteiger partial charge on any atom is -0.336 e. The van der Waals surface area contributed by atoms with E-state index in [9.17, 15) is 22.8 Å². The number of hydrogen-bond acceptors (Lipinski definition) is 4. The third-order valence-electron chi connectivity index (χ3n) is 4.26. The minimum atomic E-state index is -4.48. The van der Waals surface area contributed by atoms with E-state index in [0.29, 0.717) is 31.1 Å². The van der Waals surface area contributed by atoms with Crippen LogP contribution in [0.5, 0.6) is 0 Å². The van der Waals surface area contributed by atoms with Crippen LogP contribution in [-0.4, -0.2) is 54.2 Å². The monoisotopic (exact) mass is 382 g/mol. The number of amides is 1. The molecule has 1 aliphatic heterocycles. The fraction of sp³-hybridized carbons (Fsp3) is 0.333. The first kappa shape index (κ1) is 18.6. The van der Waals surface area contributed by atoms with Gasteiger partial charge in [-0.25, -0.2) is 0 Å². The smallest absolute Gasteiger partial charge is 0.336 e. The topological polar surface area (TPSA) is 40.6 Å². The number of hydrogen-bond donors (Lipinski definition) is 0. The summed E-state index contributed by atoms with van der Waals surface area (Å²) in [7, 11) is 0. The summed E-state index contributed by atoms with van der Waals surface area (Å²) in [5.41, 5.74) is -0.800. The first-order chi connectivity index (χ1) is 12.3. The van der Waals surface area contributed by atoms with Gasteiger partial charge in [0.2, 0.25) is 0 Å². The Balaban J connectivity index is 1.58. The molecule has 0 aliphatic carbocycles. The molecule has 138 valence electrons. The molecule has 1 fully saturated rings. The van der Waals surface area contributed by atoms with Crippen LogP contribution in [0.15, 0.2) is 41.8 Å². The zero-order valence-electron chi connectivity index (χ0n) is 13.8. The number of nitrogens with zero attached hydrogens (tertiary/aromatic N) is 2. The van der Waals surface area contributed by atoms with E-state index in [2.05, 4.69) is 0 Å². The van der Waals surface area contributed by atoms with Crippen molar-refractivity contribution in [3.63, 3.8) is 0 Å². The van der Waals surface area contributed by atoms with E-state index in [0.717, 1.165) is 12.1 Å². The Morgan fingerprint density at radius 2 is 1.77 bits per heavy atom. The molecule has 1 aliphatic rings. The van der Waals surface area contributed by atoms with Crippen LogP contribution in [0.25, 0.3) is 0 Å². The maximum Gasteiger partial charge on any atom is 0.416 e. The largest absolute Gasteiger partial charge is 0.416 e. The number of carbonyl (C=O) groups is 2. The van der Waals surface area contributed by atoms with Crippen molar-refractivity contribution in [2.45, 2.75) is 6.18 Å². The Labute approximate surface area is 152 Å². The molecule has 1 aromatic heterocycles.